The molecule has 0 amide bonds. The number of rotatable bonds is 3. The Labute approximate surface area is 85.9 Å². The summed E-state index contributed by atoms with van der Waals surface area (Å²) >= 11 is 0. The van der Waals surface area contributed by atoms with Gasteiger partial charge in [0.1, 0.15) is 5.56 Å². The second kappa shape index (κ2) is 3.51. The summed E-state index contributed by atoms with van der Waals surface area (Å²) in [5, 5.41) is 8.77. The molecule has 1 heterocycles. The van der Waals surface area contributed by atoms with Crippen molar-refractivity contribution in [1.82, 2.24) is 4.57 Å². The SMILES string of the molecule is CO[C@H]1CC1n1cccc(C(=O)O)c1=O. The van der Waals surface area contributed by atoms with Crippen LogP contribution in [0.4, 0.5) is 0 Å². The first kappa shape index (κ1) is 9.92. The molecule has 1 aliphatic carbocycles. The first-order valence-corrected chi connectivity index (χ1v) is 4.62. The molecular weight excluding hydrogens is 198 g/mol. The van der Waals surface area contributed by atoms with Gasteiger partial charge in [-0.2, -0.15) is 0 Å². The van der Waals surface area contributed by atoms with Gasteiger partial charge in [-0.1, -0.05) is 0 Å². The molecule has 0 aliphatic heterocycles. The second-order valence-corrected chi connectivity index (χ2v) is 3.52. The van der Waals surface area contributed by atoms with Crippen molar-refractivity contribution in [2.24, 2.45) is 0 Å². The Kier molecular flexibility index (Phi) is 2.32. The third-order valence-electron chi connectivity index (χ3n) is 2.56. The molecule has 0 aromatic carbocycles. The van der Waals surface area contributed by atoms with Crippen LogP contribution >= 0.6 is 0 Å². The summed E-state index contributed by atoms with van der Waals surface area (Å²) < 4.78 is 6.50. The number of carbonyl (C=O) groups is 1. The lowest BCUT2D eigenvalue weighted by Crippen LogP contribution is -2.25. The van der Waals surface area contributed by atoms with Crippen molar-refractivity contribution in [3.63, 3.8) is 0 Å². The minimum atomic E-state index is -1.19. The third-order valence-corrected chi connectivity index (χ3v) is 2.56. The lowest BCUT2D eigenvalue weighted by Gasteiger charge is -2.04. The van der Waals surface area contributed by atoms with Crippen LogP contribution in [-0.4, -0.2) is 28.9 Å². The van der Waals surface area contributed by atoms with Crippen molar-refractivity contribution in [1.29, 1.82) is 0 Å². The summed E-state index contributed by atoms with van der Waals surface area (Å²) in [7, 11) is 1.58. The number of carboxylic acids is 1. The Morgan fingerprint density at radius 2 is 2.40 bits per heavy atom. The molecule has 2 atom stereocenters. The Morgan fingerprint density at radius 1 is 1.67 bits per heavy atom. The molecule has 1 aromatic heterocycles. The second-order valence-electron chi connectivity index (χ2n) is 3.52. The van der Waals surface area contributed by atoms with E-state index in [1.165, 1.54) is 10.6 Å². The molecule has 1 unspecified atom stereocenters. The molecule has 1 aliphatic rings. The molecule has 15 heavy (non-hydrogen) atoms. The van der Waals surface area contributed by atoms with Crippen molar-refractivity contribution in [2.45, 2.75) is 18.6 Å². The fourth-order valence-corrected chi connectivity index (χ4v) is 1.64. The highest BCUT2D eigenvalue weighted by molar-refractivity contribution is 5.86. The van der Waals surface area contributed by atoms with E-state index in [2.05, 4.69) is 0 Å². The van der Waals surface area contributed by atoms with Crippen LogP contribution in [-0.2, 0) is 4.74 Å². The Morgan fingerprint density at radius 3 is 2.93 bits per heavy atom. The number of carboxylic acid groups (broad SMARTS) is 1. The van der Waals surface area contributed by atoms with Gasteiger partial charge in [-0.05, 0) is 18.6 Å². The van der Waals surface area contributed by atoms with Gasteiger partial charge in [0.25, 0.3) is 5.56 Å². The maximum atomic E-state index is 11.7. The van der Waals surface area contributed by atoms with E-state index in [4.69, 9.17) is 9.84 Å². The van der Waals surface area contributed by atoms with Crippen LogP contribution in [0.3, 0.4) is 0 Å². The van der Waals surface area contributed by atoms with Crippen LogP contribution in [0, 0.1) is 0 Å². The third kappa shape index (κ3) is 1.66. The fraction of sp³-hybridized carbons (Fsp3) is 0.400. The predicted octanol–water partition coefficient (Wildman–Crippen LogP) is 0.506. The first-order valence-electron chi connectivity index (χ1n) is 4.62. The standard InChI is InChI=1S/C10H11NO4/c1-15-8-5-7(8)11-4-2-3-6(9(11)12)10(13)14/h2-4,7-8H,5H2,1H3,(H,13,14)/t7?,8-/m0/s1. The summed E-state index contributed by atoms with van der Waals surface area (Å²) in [4.78, 5) is 22.4. The molecule has 0 spiro atoms. The first-order chi connectivity index (χ1) is 7.15. The Bertz CT molecular complexity index is 451. The van der Waals surface area contributed by atoms with Gasteiger partial charge in [0.15, 0.2) is 0 Å². The monoisotopic (exact) mass is 209 g/mol. The van der Waals surface area contributed by atoms with Gasteiger partial charge in [-0.15, -0.1) is 0 Å². The van der Waals surface area contributed by atoms with Gasteiger partial charge >= 0.3 is 5.97 Å². The number of aromatic carboxylic acids is 1. The minimum Gasteiger partial charge on any atom is -0.477 e. The molecule has 2 rings (SSSR count). The van der Waals surface area contributed by atoms with Crippen molar-refractivity contribution in [3.8, 4) is 0 Å². The van der Waals surface area contributed by atoms with E-state index in [9.17, 15) is 9.59 Å². The van der Waals surface area contributed by atoms with Gasteiger partial charge in [0, 0.05) is 13.3 Å². The van der Waals surface area contributed by atoms with E-state index in [1.54, 1.807) is 19.4 Å². The molecule has 0 bridgehead atoms. The highest BCUT2D eigenvalue weighted by Crippen LogP contribution is 2.36. The summed E-state index contributed by atoms with van der Waals surface area (Å²) in [6.07, 6.45) is 2.39. The largest absolute Gasteiger partial charge is 0.477 e. The average Bonchev–Trinajstić information content (AvgIpc) is 2.96. The lowest BCUT2D eigenvalue weighted by atomic mass is 10.3. The zero-order valence-corrected chi connectivity index (χ0v) is 8.21. The van der Waals surface area contributed by atoms with Crippen LogP contribution < -0.4 is 5.56 Å². The van der Waals surface area contributed by atoms with E-state index in [-0.39, 0.29) is 17.7 Å². The van der Waals surface area contributed by atoms with Crippen molar-refractivity contribution in [3.05, 3.63) is 34.2 Å². The van der Waals surface area contributed by atoms with Crippen LogP contribution in [0.5, 0.6) is 0 Å². The van der Waals surface area contributed by atoms with Gasteiger partial charge in [-0.3, -0.25) is 4.79 Å². The van der Waals surface area contributed by atoms with Crippen molar-refractivity contribution in [2.75, 3.05) is 7.11 Å². The Balaban J connectivity index is 2.38. The van der Waals surface area contributed by atoms with Gasteiger partial charge in [0.2, 0.25) is 0 Å². The lowest BCUT2D eigenvalue weighted by molar-refractivity contribution is 0.0694. The van der Waals surface area contributed by atoms with Gasteiger partial charge < -0.3 is 14.4 Å². The van der Waals surface area contributed by atoms with E-state index in [0.29, 0.717) is 0 Å². The van der Waals surface area contributed by atoms with E-state index in [1.807, 2.05) is 0 Å². The number of methoxy groups -OCH3 is 1. The topological polar surface area (TPSA) is 68.5 Å². The molecule has 0 saturated heterocycles. The molecule has 5 heteroatoms. The van der Waals surface area contributed by atoms with Crippen molar-refractivity contribution >= 4 is 5.97 Å². The number of aromatic nitrogens is 1. The molecule has 0 radical (unpaired) electrons. The van der Waals surface area contributed by atoms with Crippen LogP contribution in [0.15, 0.2) is 23.1 Å². The van der Waals surface area contributed by atoms with E-state index >= 15 is 0 Å². The van der Waals surface area contributed by atoms with Crippen LogP contribution in [0.2, 0.25) is 0 Å². The van der Waals surface area contributed by atoms with E-state index < -0.39 is 11.5 Å². The summed E-state index contributed by atoms with van der Waals surface area (Å²) in [5.41, 5.74) is -0.659. The normalized spacial score (nSPS) is 23.8. The summed E-state index contributed by atoms with van der Waals surface area (Å²) in [5.74, 6) is -1.19. The smallest absolute Gasteiger partial charge is 0.341 e. The number of hydrogen-bond acceptors (Lipinski definition) is 3. The predicted molar refractivity (Wildman–Crippen MR) is 52.1 cm³/mol. The zero-order chi connectivity index (χ0) is 11.0. The Hall–Kier alpha value is -1.62. The number of nitrogens with zero attached hydrogens (tertiary/aromatic N) is 1. The highest BCUT2D eigenvalue weighted by Gasteiger charge is 2.39. The average molecular weight is 209 g/mol. The maximum absolute atomic E-state index is 11.7. The molecule has 1 saturated carbocycles. The van der Waals surface area contributed by atoms with Gasteiger partial charge in [0.05, 0.1) is 12.1 Å². The summed E-state index contributed by atoms with van der Waals surface area (Å²) in [6, 6.07) is 2.86. The maximum Gasteiger partial charge on any atom is 0.341 e. The quantitative estimate of drug-likeness (QED) is 0.787. The minimum absolute atomic E-state index is 0.0122. The molecule has 5 nitrogen and oxygen atoms in total. The van der Waals surface area contributed by atoms with Gasteiger partial charge in [-0.25, -0.2) is 4.79 Å². The highest BCUT2D eigenvalue weighted by atomic mass is 16.5. The molecule has 80 valence electrons. The fourth-order valence-electron chi connectivity index (χ4n) is 1.64. The van der Waals surface area contributed by atoms with Crippen LogP contribution in [0.1, 0.15) is 22.8 Å². The van der Waals surface area contributed by atoms with Crippen molar-refractivity contribution < 1.29 is 14.6 Å². The number of hydrogen-bond donors (Lipinski definition) is 1. The summed E-state index contributed by atoms with van der Waals surface area (Å²) in [6.45, 7) is 0. The molecular formula is C10H11NO4. The van der Waals surface area contributed by atoms with Crippen LogP contribution in [0.25, 0.3) is 0 Å². The molecule has 1 aromatic rings. The molecule has 1 N–H and O–H groups in total. The van der Waals surface area contributed by atoms with E-state index in [0.717, 1.165) is 6.42 Å². The zero-order valence-electron chi connectivity index (χ0n) is 8.21. The number of ether oxygens (including phenoxy) is 1. The molecule has 1 fully saturated rings. The number of pyridine rings is 1.